The van der Waals surface area contributed by atoms with Crippen LogP contribution in [-0.2, 0) is 14.4 Å². The highest BCUT2D eigenvalue weighted by atomic mass is 16.2. The Balaban J connectivity index is 1.76. The number of hydrogen-bond acceptors (Lipinski definition) is 5. The van der Waals surface area contributed by atoms with Gasteiger partial charge in [0.15, 0.2) is 0 Å². The molecule has 0 aromatic rings. The molecule has 4 atom stereocenters. The van der Waals surface area contributed by atoms with E-state index >= 15 is 0 Å². The monoisotopic (exact) mass is 377 g/mol. The number of nitrogens with zero attached hydrogens (tertiary/aromatic N) is 2. The summed E-state index contributed by atoms with van der Waals surface area (Å²) in [5.74, 6) is -1.18. The van der Waals surface area contributed by atoms with E-state index in [1.165, 1.54) is 9.80 Å². The van der Waals surface area contributed by atoms with Crippen LogP contribution in [0, 0.1) is 10.8 Å². The van der Waals surface area contributed by atoms with Crippen molar-refractivity contribution >= 4 is 29.8 Å². The smallest absolute Gasteiger partial charge is 0.324 e. The molecule has 4 unspecified atom stereocenters. The molecule has 27 heavy (non-hydrogen) atoms. The van der Waals surface area contributed by atoms with Gasteiger partial charge in [0.25, 0.3) is 0 Å². The molecule has 4 aliphatic rings. The third-order valence-corrected chi connectivity index (χ3v) is 6.81. The van der Waals surface area contributed by atoms with Gasteiger partial charge < -0.3 is 15.1 Å². The highest BCUT2D eigenvalue weighted by Gasteiger charge is 2.81. The van der Waals surface area contributed by atoms with Gasteiger partial charge >= 0.3 is 12.1 Å². The average Bonchev–Trinajstić information content (AvgIpc) is 2.76. The van der Waals surface area contributed by atoms with Crippen LogP contribution in [0.1, 0.15) is 33.6 Å². The molecule has 3 saturated heterocycles. The maximum absolute atomic E-state index is 12.7. The molecule has 4 fully saturated rings. The van der Waals surface area contributed by atoms with Crippen LogP contribution in [-0.4, -0.2) is 70.8 Å². The van der Waals surface area contributed by atoms with Crippen LogP contribution >= 0.6 is 0 Å². The summed E-state index contributed by atoms with van der Waals surface area (Å²) in [6.45, 7) is 5.54. The molecular formula is C17H23N5O5. The van der Waals surface area contributed by atoms with Crippen LogP contribution in [0.25, 0.3) is 0 Å². The lowest BCUT2D eigenvalue weighted by atomic mass is 9.42. The number of amides is 7. The zero-order chi connectivity index (χ0) is 19.7. The first kappa shape index (κ1) is 17.7. The highest BCUT2D eigenvalue weighted by molar-refractivity contribution is 6.11. The van der Waals surface area contributed by atoms with E-state index in [2.05, 4.69) is 16.0 Å². The third-order valence-electron chi connectivity index (χ3n) is 6.81. The first-order chi connectivity index (χ1) is 12.7. The topological polar surface area (TPSA) is 128 Å². The number of hydrogen-bond donors (Lipinski definition) is 3. The van der Waals surface area contributed by atoms with Crippen LogP contribution in [0.15, 0.2) is 0 Å². The van der Waals surface area contributed by atoms with Gasteiger partial charge in [0.05, 0.1) is 29.0 Å². The van der Waals surface area contributed by atoms with Crippen molar-refractivity contribution in [2.75, 3.05) is 13.1 Å². The molecule has 146 valence electrons. The maximum atomic E-state index is 12.7. The fourth-order valence-electron chi connectivity index (χ4n) is 5.25. The molecule has 3 heterocycles. The first-order valence-electron chi connectivity index (χ1n) is 9.19. The molecule has 1 aliphatic carbocycles. The maximum Gasteiger partial charge on any atom is 0.324 e. The van der Waals surface area contributed by atoms with E-state index in [1.54, 1.807) is 13.8 Å². The molecule has 3 aliphatic heterocycles. The van der Waals surface area contributed by atoms with E-state index in [0.29, 0.717) is 12.8 Å². The molecule has 0 spiro atoms. The molecule has 4 rings (SSSR count). The third kappa shape index (κ3) is 1.98. The number of urea groups is 2. The quantitative estimate of drug-likeness (QED) is 0.590. The normalized spacial score (nSPS) is 39.7. The van der Waals surface area contributed by atoms with Gasteiger partial charge in [0.1, 0.15) is 0 Å². The minimum Gasteiger partial charge on any atom is -0.350 e. The fourth-order valence-corrected chi connectivity index (χ4v) is 5.25. The van der Waals surface area contributed by atoms with Crippen molar-refractivity contribution in [2.24, 2.45) is 10.8 Å². The molecule has 0 bridgehead atoms. The Labute approximate surface area is 156 Å². The summed E-state index contributed by atoms with van der Waals surface area (Å²) in [4.78, 5) is 65.5. The summed E-state index contributed by atoms with van der Waals surface area (Å²) in [6, 6.07) is -2.81. The Morgan fingerprint density at radius 2 is 1.44 bits per heavy atom. The summed E-state index contributed by atoms with van der Waals surface area (Å²) >= 11 is 0. The van der Waals surface area contributed by atoms with Crippen molar-refractivity contribution in [3.63, 3.8) is 0 Å². The summed E-state index contributed by atoms with van der Waals surface area (Å²) in [5, 5.41) is 7.56. The number of carbonyl (C=O) groups excluding carboxylic acids is 5. The highest BCUT2D eigenvalue weighted by Crippen LogP contribution is 2.63. The molecule has 0 radical (unpaired) electrons. The average molecular weight is 377 g/mol. The van der Waals surface area contributed by atoms with Crippen molar-refractivity contribution in [1.82, 2.24) is 25.8 Å². The molecule has 7 amide bonds. The Hall–Kier alpha value is -2.65. The Kier molecular flexibility index (Phi) is 3.57. The number of nitrogens with one attached hydrogen (secondary N) is 3. The van der Waals surface area contributed by atoms with Crippen molar-refractivity contribution in [3.8, 4) is 0 Å². The second-order valence-electron chi connectivity index (χ2n) is 8.13. The fraction of sp³-hybridized carbons (Fsp3) is 0.706. The number of fused-ring (bicyclic) bond motifs is 1. The van der Waals surface area contributed by atoms with Crippen LogP contribution in [0.2, 0.25) is 0 Å². The van der Waals surface area contributed by atoms with E-state index in [-0.39, 0.29) is 19.0 Å². The van der Waals surface area contributed by atoms with E-state index in [9.17, 15) is 24.0 Å². The predicted molar refractivity (Wildman–Crippen MR) is 91.1 cm³/mol. The molecule has 1 saturated carbocycles. The number of rotatable bonds is 3. The molecule has 10 heteroatoms. The Morgan fingerprint density at radius 3 is 1.85 bits per heavy atom. The lowest BCUT2D eigenvalue weighted by Gasteiger charge is -2.70. The number of imide groups is 2. The van der Waals surface area contributed by atoms with Gasteiger partial charge in [0, 0.05) is 19.5 Å². The minimum absolute atomic E-state index is 0.163. The van der Waals surface area contributed by atoms with Crippen molar-refractivity contribution < 1.29 is 24.0 Å². The van der Waals surface area contributed by atoms with Gasteiger partial charge in [-0.05, 0) is 20.3 Å². The van der Waals surface area contributed by atoms with Gasteiger partial charge in [-0.25, -0.2) is 9.59 Å². The Bertz CT molecular complexity index is 730. The molecule has 0 aromatic heterocycles. The molecule has 10 nitrogen and oxygen atoms in total. The van der Waals surface area contributed by atoms with Gasteiger partial charge in [-0.1, -0.05) is 6.92 Å². The van der Waals surface area contributed by atoms with Gasteiger partial charge in [0.2, 0.25) is 17.7 Å². The van der Waals surface area contributed by atoms with Crippen LogP contribution in [0.4, 0.5) is 9.59 Å². The summed E-state index contributed by atoms with van der Waals surface area (Å²) in [7, 11) is 0. The Morgan fingerprint density at radius 1 is 1.00 bits per heavy atom. The molecule has 0 aromatic carbocycles. The zero-order valence-corrected chi connectivity index (χ0v) is 15.5. The van der Waals surface area contributed by atoms with Gasteiger partial charge in [-0.2, -0.15) is 0 Å². The summed E-state index contributed by atoms with van der Waals surface area (Å²) < 4.78 is 0. The summed E-state index contributed by atoms with van der Waals surface area (Å²) in [5.41, 5.74) is -2.31. The number of carbonyl (C=O) groups is 5. The first-order valence-corrected chi connectivity index (χ1v) is 9.19. The van der Waals surface area contributed by atoms with Crippen molar-refractivity contribution in [2.45, 2.75) is 51.7 Å². The van der Waals surface area contributed by atoms with Crippen LogP contribution in [0.3, 0.4) is 0 Å². The zero-order valence-electron chi connectivity index (χ0n) is 15.5. The standard InChI is InChI=1S/C17H23N5O5/c1-4-5-9(23)18-8-6-21-10-11-17(3,13(25)20-15(27)22(11)7-8)16(10,2)12(24)19-14(21)26/h8,10-11H,4-7H2,1-3H3,(H,18,23)(H,19,24,26)(H,20,25,27). The second kappa shape index (κ2) is 5.43. The second-order valence-corrected chi connectivity index (χ2v) is 8.13. The predicted octanol–water partition coefficient (Wildman–Crippen LogP) is -0.848. The van der Waals surface area contributed by atoms with Crippen LogP contribution in [0.5, 0.6) is 0 Å². The van der Waals surface area contributed by atoms with E-state index in [0.717, 1.165) is 0 Å². The van der Waals surface area contributed by atoms with E-state index in [1.807, 2.05) is 6.92 Å². The van der Waals surface area contributed by atoms with Gasteiger partial charge in [-0.15, -0.1) is 0 Å². The van der Waals surface area contributed by atoms with Crippen molar-refractivity contribution in [3.05, 3.63) is 0 Å². The lowest BCUT2D eigenvalue weighted by molar-refractivity contribution is -0.209. The van der Waals surface area contributed by atoms with Gasteiger partial charge in [-0.3, -0.25) is 25.0 Å². The van der Waals surface area contributed by atoms with E-state index < -0.39 is 52.8 Å². The van der Waals surface area contributed by atoms with Crippen molar-refractivity contribution in [1.29, 1.82) is 0 Å². The lowest BCUT2D eigenvalue weighted by Crippen LogP contribution is -2.90. The largest absolute Gasteiger partial charge is 0.350 e. The van der Waals surface area contributed by atoms with E-state index in [4.69, 9.17) is 0 Å². The minimum atomic E-state index is -1.16. The molecular weight excluding hydrogens is 354 g/mol. The summed E-state index contributed by atoms with van der Waals surface area (Å²) in [6.07, 6.45) is 1.02. The van der Waals surface area contributed by atoms with Crippen LogP contribution < -0.4 is 16.0 Å². The molecule has 3 N–H and O–H groups in total. The SMILES string of the molecule is CCCC(=O)NC1CN2C(=O)NC(=O)C3(C)C2C2N(C1)C(=O)NC(=O)C23C.